The summed E-state index contributed by atoms with van der Waals surface area (Å²) < 4.78 is 5.12. The summed E-state index contributed by atoms with van der Waals surface area (Å²) in [5.74, 6) is -1.30. The van der Waals surface area contributed by atoms with Gasteiger partial charge in [-0.1, -0.05) is 6.92 Å². The van der Waals surface area contributed by atoms with Crippen LogP contribution in [0.4, 0.5) is 0 Å². The van der Waals surface area contributed by atoms with E-state index in [1.807, 2.05) is 6.92 Å². The molecule has 5 nitrogen and oxygen atoms in total. The first-order valence-electron chi connectivity index (χ1n) is 5.49. The van der Waals surface area contributed by atoms with Gasteiger partial charge in [0.05, 0.1) is 0 Å². The summed E-state index contributed by atoms with van der Waals surface area (Å²) >= 11 is 0. The molecule has 0 heterocycles. The number of carbonyl (C=O) groups is 2. The molecule has 0 aliphatic heterocycles. The number of rotatable bonds is 7. The molecule has 0 saturated carbocycles. The summed E-state index contributed by atoms with van der Waals surface area (Å²) in [7, 11) is 0. The third kappa shape index (κ3) is 3.81. The molecule has 1 N–H and O–H groups in total. The monoisotopic (exact) mass is 231 g/mol. The highest BCUT2D eigenvalue weighted by Crippen LogP contribution is 2.14. The molecule has 0 atom stereocenters. The molecule has 0 aromatic carbocycles. The molecule has 0 saturated heterocycles. The van der Waals surface area contributed by atoms with Crippen LogP contribution in [-0.2, 0) is 14.3 Å². The normalized spacial score (nSPS) is 11.2. The maximum atomic E-state index is 11.7. The average Bonchev–Trinajstić information content (AvgIpc) is 2.18. The van der Waals surface area contributed by atoms with Crippen molar-refractivity contribution < 1.29 is 19.4 Å². The number of ether oxygens (including phenoxy) is 1. The van der Waals surface area contributed by atoms with Gasteiger partial charge in [0.1, 0.15) is 12.1 Å². The van der Waals surface area contributed by atoms with Crippen LogP contribution in [0.2, 0.25) is 0 Å². The molecule has 0 unspecified atom stereocenters. The SMILES string of the molecule is CCCOCC(=O)N(CC)C(C)(C)C(=O)O. The van der Waals surface area contributed by atoms with E-state index in [1.165, 1.54) is 18.7 Å². The Hall–Kier alpha value is -1.10. The first kappa shape index (κ1) is 14.9. The van der Waals surface area contributed by atoms with E-state index in [9.17, 15) is 9.59 Å². The molecule has 94 valence electrons. The van der Waals surface area contributed by atoms with Crippen LogP contribution in [0.1, 0.15) is 34.1 Å². The molecule has 0 bridgehead atoms. The average molecular weight is 231 g/mol. The summed E-state index contributed by atoms with van der Waals surface area (Å²) in [5.41, 5.74) is -1.19. The van der Waals surface area contributed by atoms with Crippen LogP contribution < -0.4 is 0 Å². The van der Waals surface area contributed by atoms with Crippen molar-refractivity contribution in [3.63, 3.8) is 0 Å². The van der Waals surface area contributed by atoms with Gasteiger partial charge in [-0.05, 0) is 27.2 Å². The van der Waals surface area contributed by atoms with Gasteiger partial charge in [0.25, 0.3) is 0 Å². The van der Waals surface area contributed by atoms with Crippen molar-refractivity contribution in [3.05, 3.63) is 0 Å². The molecule has 0 rings (SSSR count). The summed E-state index contributed by atoms with van der Waals surface area (Å²) in [6.07, 6.45) is 0.835. The van der Waals surface area contributed by atoms with Crippen molar-refractivity contribution in [1.29, 1.82) is 0 Å². The molecule has 0 aromatic heterocycles. The Labute approximate surface area is 96.4 Å². The van der Waals surface area contributed by atoms with Gasteiger partial charge in [0.15, 0.2) is 0 Å². The van der Waals surface area contributed by atoms with Crippen molar-refractivity contribution in [2.24, 2.45) is 0 Å². The Balaban J connectivity index is 4.48. The highest BCUT2D eigenvalue weighted by molar-refractivity contribution is 5.86. The predicted molar refractivity (Wildman–Crippen MR) is 60.2 cm³/mol. The highest BCUT2D eigenvalue weighted by Gasteiger charge is 2.36. The fourth-order valence-electron chi connectivity index (χ4n) is 1.38. The first-order valence-corrected chi connectivity index (χ1v) is 5.49. The lowest BCUT2D eigenvalue weighted by atomic mass is 10.0. The molecule has 0 aliphatic carbocycles. The zero-order valence-corrected chi connectivity index (χ0v) is 10.4. The zero-order chi connectivity index (χ0) is 12.8. The second kappa shape index (κ2) is 6.48. The van der Waals surface area contributed by atoms with Crippen LogP contribution in [0.25, 0.3) is 0 Å². The van der Waals surface area contributed by atoms with E-state index in [2.05, 4.69) is 0 Å². The summed E-state index contributed by atoms with van der Waals surface area (Å²) in [6.45, 7) is 7.53. The van der Waals surface area contributed by atoms with Crippen LogP contribution in [0.15, 0.2) is 0 Å². The molecular weight excluding hydrogens is 210 g/mol. The number of hydrogen-bond donors (Lipinski definition) is 1. The largest absolute Gasteiger partial charge is 0.480 e. The quantitative estimate of drug-likeness (QED) is 0.667. The minimum atomic E-state index is -1.19. The number of hydrogen-bond acceptors (Lipinski definition) is 3. The topological polar surface area (TPSA) is 66.8 Å². The van der Waals surface area contributed by atoms with Gasteiger partial charge >= 0.3 is 5.97 Å². The Kier molecular flexibility index (Phi) is 6.03. The Morgan fingerprint density at radius 3 is 2.25 bits per heavy atom. The van der Waals surface area contributed by atoms with Gasteiger partial charge in [-0.2, -0.15) is 0 Å². The number of likely N-dealkylation sites (N-methyl/N-ethyl adjacent to an activating group) is 1. The van der Waals surface area contributed by atoms with Gasteiger partial charge in [-0.3, -0.25) is 4.79 Å². The fraction of sp³-hybridized carbons (Fsp3) is 0.818. The van der Waals surface area contributed by atoms with Crippen LogP contribution in [0.5, 0.6) is 0 Å². The van der Waals surface area contributed by atoms with Gasteiger partial charge in [0, 0.05) is 13.2 Å². The van der Waals surface area contributed by atoms with Crippen molar-refractivity contribution in [3.8, 4) is 0 Å². The zero-order valence-electron chi connectivity index (χ0n) is 10.4. The first-order chi connectivity index (χ1) is 7.37. The Morgan fingerprint density at radius 1 is 1.31 bits per heavy atom. The van der Waals surface area contributed by atoms with Crippen LogP contribution in [-0.4, -0.2) is 47.2 Å². The maximum Gasteiger partial charge on any atom is 0.329 e. The number of aliphatic carboxylic acids is 1. The van der Waals surface area contributed by atoms with E-state index in [0.717, 1.165) is 6.42 Å². The minimum Gasteiger partial charge on any atom is -0.480 e. The Morgan fingerprint density at radius 2 is 1.88 bits per heavy atom. The molecular formula is C11H21NO4. The predicted octanol–water partition coefficient (Wildman–Crippen LogP) is 1.12. The van der Waals surface area contributed by atoms with Crippen LogP contribution in [0, 0.1) is 0 Å². The van der Waals surface area contributed by atoms with E-state index >= 15 is 0 Å². The number of carbonyl (C=O) groups excluding carboxylic acids is 1. The molecule has 0 aromatic rings. The second-order valence-electron chi connectivity index (χ2n) is 4.05. The molecule has 0 radical (unpaired) electrons. The molecule has 16 heavy (non-hydrogen) atoms. The fourth-order valence-corrected chi connectivity index (χ4v) is 1.38. The number of amides is 1. The van der Waals surface area contributed by atoms with E-state index in [1.54, 1.807) is 6.92 Å². The van der Waals surface area contributed by atoms with Gasteiger partial charge < -0.3 is 14.7 Å². The number of carboxylic acids is 1. The summed E-state index contributed by atoms with van der Waals surface area (Å²) in [4.78, 5) is 24.1. The summed E-state index contributed by atoms with van der Waals surface area (Å²) in [5, 5.41) is 9.03. The van der Waals surface area contributed by atoms with Crippen molar-refractivity contribution >= 4 is 11.9 Å². The van der Waals surface area contributed by atoms with Gasteiger partial charge in [-0.25, -0.2) is 4.79 Å². The standard InChI is InChI=1S/C11H21NO4/c1-5-7-16-8-9(13)12(6-2)11(3,4)10(14)15/h5-8H2,1-4H3,(H,14,15). The Bertz CT molecular complexity index is 250. The number of carboxylic acid groups (broad SMARTS) is 1. The lowest BCUT2D eigenvalue weighted by molar-refractivity contribution is -0.158. The minimum absolute atomic E-state index is 0.0572. The lowest BCUT2D eigenvalue weighted by Crippen LogP contribution is -2.54. The molecule has 0 spiro atoms. The highest BCUT2D eigenvalue weighted by atomic mass is 16.5. The summed E-state index contributed by atoms with van der Waals surface area (Å²) in [6, 6.07) is 0. The second-order valence-corrected chi connectivity index (χ2v) is 4.05. The molecule has 5 heteroatoms. The third-order valence-corrected chi connectivity index (χ3v) is 2.39. The number of nitrogens with zero attached hydrogens (tertiary/aromatic N) is 1. The van der Waals surface area contributed by atoms with Crippen molar-refractivity contribution in [1.82, 2.24) is 4.90 Å². The smallest absolute Gasteiger partial charge is 0.329 e. The van der Waals surface area contributed by atoms with E-state index < -0.39 is 11.5 Å². The van der Waals surface area contributed by atoms with Gasteiger partial charge in [-0.15, -0.1) is 0 Å². The van der Waals surface area contributed by atoms with E-state index in [4.69, 9.17) is 9.84 Å². The maximum absolute atomic E-state index is 11.7. The van der Waals surface area contributed by atoms with Crippen molar-refractivity contribution in [2.75, 3.05) is 19.8 Å². The molecule has 0 fully saturated rings. The van der Waals surface area contributed by atoms with E-state index in [-0.39, 0.29) is 12.5 Å². The lowest BCUT2D eigenvalue weighted by Gasteiger charge is -2.34. The third-order valence-electron chi connectivity index (χ3n) is 2.39. The van der Waals surface area contributed by atoms with Crippen LogP contribution in [0.3, 0.4) is 0 Å². The van der Waals surface area contributed by atoms with Crippen LogP contribution >= 0.6 is 0 Å². The molecule has 0 aliphatic rings. The van der Waals surface area contributed by atoms with E-state index in [0.29, 0.717) is 13.2 Å². The van der Waals surface area contributed by atoms with Crippen molar-refractivity contribution in [2.45, 2.75) is 39.7 Å². The van der Waals surface area contributed by atoms with Gasteiger partial charge in [0.2, 0.25) is 5.91 Å². The molecule has 1 amide bonds.